The minimum atomic E-state index is -0.573. The standard InChI is InChI=1S/C28H20N4O2/c29-11-15-1-5-17(6-2-15)25-23(13-31)19-9-22-20(10-21(19)27(25)33)24(14-32)26(28(22)34)18-7-3-16(12-30)4-8-18/h1-8,19-26H,9-10H2. The number of benzene rings is 2. The molecule has 34 heavy (non-hydrogen) atoms. The van der Waals surface area contributed by atoms with E-state index in [4.69, 9.17) is 10.5 Å². The van der Waals surface area contributed by atoms with Crippen LogP contribution in [0.25, 0.3) is 0 Å². The Hall–Kier alpha value is -4.26. The van der Waals surface area contributed by atoms with Crippen molar-refractivity contribution >= 4 is 11.6 Å². The van der Waals surface area contributed by atoms with Crippen LogP contribution in [0.3, 0.4) is 0 Å². The highest BCUT2D eigenvalue weighted by Gasteiger charge is 2.61. The van der Waals surface area contributed by atoms with Gasteiger partial charge in [0.1, 0.15) is 11.6 Å². The minimum Gasteiger partial charge on any atom is -0.299 e. The van der Waals surface area contributed by atoms with E-state index >= 15 is 0 Å². The second kappa shape index (κ2) is 8.26. The van der Waals surface area contributed by atoms with Gasteiger partial charge in [-0.1, -0.05) is 24.3 Å². The van der Waals surface area contributed by atoms with Gasteiger partial charge in [-0.15, -0.1) is 0 Å². The van der Waals surface area contributed by atoms with E-state index in [-0.39, 0.29) is 35.2 Å². The van der Waals surface area contributed by atoms with E-state index in [0.29, 0.717) is 24.0 Å². The van der Waals surface area contributed by atoms with Crippen LogP contribution in [0.4, 0.5) is 0 Å². The van der Waals surface area contributed by atoms with E-state index in [2.05, 4.69) is 24.3 Å². The van der Waals surface area contributed by atoms with Crippen LogP contribution in [-0.2, 0) is 9.59 Å². The summed E-state index contributed by atoms with van der Waals surface area (Å²) in [6.07, 6.45) is 0.881. The number of hydrogen-bond acceptors (Lipinski definition) is 6. The molecule has 3 fully saturated rings. The van der Waals surface area contributed by atoms with Crippen molar-refractivity contribution in [2.24, 2.45) is 35.5 Å². The van der Waals surface area contributed by atoms with Crippen LogP contribution in [-0.4, -0.2) is 11.6 Å². The smallest absolute Gasteiger partial charge is 0.145 e. The summed E-state index contributed by atoms with van der Waals surface area (Å²) in [6, 6.07) is 22.4. The lowest BCUT2D eigenvalue weighted by Crippen LogP contribution is -2.34. The molecule has 0 amide bonds. The van der Waals surface area contributed by atoms with Crippen molar-refractivity contribution in [2.75, 3.05) is 0 Å². The molecule has 0 radical (unpaired) electrons. The van der Waals surface area contributed by atoms with Crippen LogP contribution >= 0.6 is 0 Å². The molecule has 0 bridgehead atoms. The molecule has 2 aromatic rings. The molecule has 0 aliphatic heterocycles. The van der Waals surface area contributed by atoms with Crippen molar-refractivity contribution in [3.63, 3.8) is 0 Å². The molecule has 0 heterocycles. The van der Waals surface area contributed by atoms with Gasteiger partial charge in [-0.3, -0.25) is 9.59 Å². The van der Waals surface area contributed by atoms with Gasteiger partial charge in [0.2, 0.25) is 0 Å². The second-order valence-corrected chi connectivity index (χ2v) is 9.55. The van der Waals surface area contributed by atoms with E-state index in [9.17, 15) is 20.1 Å². The second-order valence-electron chi connectivity index (χ2n) is 9.55. The zero-order valence-electron chi connectivity index (χ0n) is 18.3. The summed E-state index contributed by atoms with van der Waals surface area (Å²) in [6.45, 7) is 0. The number of Topliss-reactive ketones (excluding diaryl/α,β-unsaturated/α-hetero) is 2. The van der Waals surface area contributed by atoms with Crippen molar-refractivity contribution in [3.8, 4) is 24.3 Å². The van der Waals surface area contributed by atoms with Gasteiger partial charge in [0.25, 0.3) is 0 Å². The van der Waals surface area contributed by atoms with E-state index in [1.54, 1.807) is 48.5 Å². The number of carbonyl (C=O) groups is 2. The van der Waals surface area contributed by atoms with E-state index in [0.717, 1.165) is 11.1 Å². The summed E-state index contributed by atoms with van der Waals surface area (Å²) in [7, 11) is 0. The lowest BCUT2D eigenvalue weighted by Gasteiger charge is -2.34. The minimum absolute atomic E-state index is 0.00525. The maximum atomic E-state index is 13.5. The van der Waals surface area contributed by atoms with Crippen molar-refractivity contribution in [1.82, 2.24) is 0 Å². The molecule has 0 saturated heterocycles. The van der Waals surface area contributed by atoms with Gasteiger partial charge in [0.05, 0.1) is 59.1 Å². The zero-order valence-corrected chi connectivity index (χ0v) is 18.3. The summed E-state index contributed by atoms with van der Waals surface area (Å²) in [4.78, 5) is 27.1. The third-order valence-electron chi connectivity index (χ3n) is 8.17. The van der Waals surface area contributed by atoms with Gasteiger partial charge >= 0.3 is 0 Å². The number of ketones is 2. The maximum Gasteiger partial charge on any atom is 0.145 e. The molecule has 5 rings (SSSR count). The number of hydrogen-bond donors (Lipinski definition) is 0. The zero-order chi connectivity index (χ0) is 24.0. The number of fused-ring (bicyclic) bond motifs is 2. The topological polar surface area (TPSA) is 129 Å². The highest BCUT2D eigenvalue weighted by Crippen LogP contribution is 2.59. The molecule has 8 unspecified atom stereocenters. The predicted molar refractivity (Wildman–Crippen MR) is 119 cm³/mol. The van der Waals surface area contributed by atoms with E-state index in [1.165, 1.54) is 0 Å². The first-order valence-electron chi connectivity index (χ1n) is 11.4. The van der Waals surface area contributed by atoms with Crippen LogP contribution in [0.1, 0.15) is 46.9 Å². The third-order valence-corrected chi connectivity index (χ3v) is 8.17. The summed E-state index contributed by atoms with van der Waals surface area (Å²) in [5.41, 5.74) is 2.44. The number of nitrogens with zero attached hydrogens (tertiary/aromatic N) is 4. The molecule has 3 saturated carbocycles. The Kier molecular flexibility index (Phi) is 5.24. The Morgan fingerprint density at radius 1 is 0.588 bits per heavy atom. The molecule has 0 aromatic heterocycles. The van der Waals surface area contributed by atoms with Crippen molar-refractivity contribution in [3.05, 3.63) is 70.8 Å². The van der Waals surface area contributed by atoms with Crippen LogP contribution < -0.4 is 0 Å². The fourth-order valence-electron chi connectivity index (χ4n) is 6.64. The number of nitriles is 4. The van der Waals surface area contributed by atoms with E-state index in [1.807, 2.05) is 0 Å². The Morgan fingerprint density at radius 3 is 1.24 bits per heavy atom. The first-order valence-corrected chi connectivity index (χ1v) is 11.4. The highest BCUT2D eigenvalue weighted by molar-refractivity contribution is 5.94. The Balaban J connectivity index is 1.46. The van der Waals surface area contributed by atoms with Crippen LogP contribution in [0.5, 0.6) is 0 Å². The molecular weight excluding hydrogens is 424 g/mol. The highest BCUT2D eigenvalue weighted by atomic mass is 16.1. The largest absolute Gasteiger partial charge is 0.299 e. The monoisotopic (exact) mass is 444 g/mol. The first-order chi connectivity index (χ1) is 16.5. The molecule has 8 atom stereocenters. The summed E-state index contributed by atoms with van der Waals surface area (Å²) in [5, 5.41) is 38.2. The molecule has 6 heteroatoms. The van der Waals surface area contributed by atoms with Crippen LogP contribution in [0, 0.1) is 80.8 Å². The Labute approximate surface area is 197 Å². The quantitative estimate of drug-likeness (QED) is 0.688. The van der Waals surface area contributed by atoms with Gasteiger partial charge in [0.15, 0.2) is 0 Å². The number of carbonyl (C=O) groups excluding carboxylic acids is 2. The Morgan fingerprint density at radius 2 is 0.941 bits per heavy atom. The lowest BCUT2D eigenvalue weighted by atomic mass is 9.67. The van der Waals surface area contributed by atoms with Crippen molar-refractivity contribution in [2.45, 2.75) is 24.7 Å². The third kappa shape index (κ3) is 3.12. The Bertz CT molecular complexity index is 1230. The van der Waals surface area contributed by atoms with Gasteiger partial charge in [-0.05, 0) is 60.1 Å². The van der Waals surface area contributed by atoms with Gasteiger partial charge in [-0.2, -0.15) is 21.0 Å². The molecular formula is C28H20N4O2. The normalized spacial score (nSPS) is 33.6. The van der Waals surface area contributed by atoms with Crippen molar-refractivity contribution in [1.29, 1.82) is 21.0 Å². The molecule has 0 spiro atoms. The molecule has 3 aliphatic carbocycles. The molecule has 0 N–H and O–H groups in total. The average Bonchev–Trinajstić information content (AvgIpc) is 3.32. The average molecular weight is 444 g/mol. The fourth-order valence-corrected chi connectivity index (χ4v) is 6.64. The summed E-state index contributed by atoms with van der Waals surface area (Å²) in [5.74, 6) is -3.35. The fraction of sp³-hybridized carbons (Fsp3) is 0.357. The van der Waals surface area contributed by atoms with Gasteiger partial charge in [0, 0.05) is 11.8 Å². The molecule has 164 valence electrons. The number of rotatable bonds is 2. The van der Waals surface area contributed by atoms with Gasteiger partial charge in [-0.25, -0.2) is 0 Å². The molecule has 6 nitrogen and oxygen atoms in total. The van der Waals surface area contributed by atoms with E-state index < -0.39 is 23.7 Å². The first kappa shape index (κ1) is 21.6. The molecule has 3 aliphatic rings. The summed E-state index contributed by atoms with van der Waals surface area (Å²) >= 11 is 0. The van der Waals surface area contributed by atoms with Crippen LogP contribution in [0.15, 0.2) is 48.5 Å². The maximum absolute atomic E-state index is 13.5. The molecule has 2 aromatic carbocycles. The van der Waals surface area contributed by atoms with Crippen molar-refractivity contribution < 1.29 is 9.59 Å². The SMILES string of the molecule is N#Cc1ccc(C2C(=O)C3CC4C(CC3C2C#N)C(=O)C(c2ccc(C#N)cc2)C4C#N)cc1. The summed E-state index contributed by atoms with van der Waals surface area (Å²) < 4.78 is 0. The lowest BCUT2D eigenvalue weighted by molar-refractivity contribution is -0.127. The van der Waals surface area contributed by atoms with Crippen LogP contribution in [0.2, 0.25) is 0 Å². The predicted octanol–water partition coefficient (Wildman–Crippen LogP) is 4.00. The van der Waals surface area contributed by atoms with Gasteiger partial charge < -0.3 is 0 Å².